The van der Waals surface area contributed by atoms with Gasteiger partial charge in [-0.1, -0.05) is 54.7 Å². The highest BCUT2D eigenvalue weighted by atomic mass is 35.5. The molecule has 1 aromatic heterocycles. The zero-order valence-electron chi connectivity index (χ0n) is 18.3. The summed E-state index contributed by atoms with van der Waals surface area (Å²) in [7, 11) is 0. The molecule has 0 amide bonds. The molecule has 0 fully saturated rings. The molecule has 172 valence electrons. The molecule has 1 N–H and O–H groups in total. The van der Waals surface area contributed by atoms with Gasteiger partial charge in [0.1, 0.15) is 24.7 Å². The SMILES string of the molecule is CCCC1=C(C(=O)OCC)[C@H](c2ccc(OCc3c(Cl)cccc3Cl)cc2)n2ncnc2N1. The second-order valence-electron chi connectivity index (χ2n) is 7.48. The minimum Gasteiger partial charge on any atom is -0.489 e. The molecule has 0 saturated carbocycles. The lowest BCUT2D eigenvalue weighted by Crippen LogP contribution is -2.30. The number of benzene rings is 2. The number of nitrogens with zero attached hydrogens (tertiary/aromatic N) is 3. The first kappa shape index (κ1) is 23.1. The van der Waals surface area contributed by atoms with Crippen molar-refractivity contribution in [3.05, 3.63) is 81.2 Å². The first-order valence-electron chi connectivity index (χ1n) is 10.8. The molecule has 2 heterocycles. The highest BCUT2D eigenvalue weighted by Gasteiger charge is 2.35. The highest BCUT2D eigenvalue weighted by molar-refractivity contribution is 6.35. The van der Waals surface area contributed by atoms with Crippen LogP contribution in [0.1, 0.15) is 43.9 Å². The Balaban J connectivity index is 1.64. The van der Waals surface area contributed by atoms with Gasteiger partial charge in [0.2, 0.25) is 5.95 Å². The van der Waals surface area contributed by atoms with Gasteiger partial charge in [0.25, 0.3) is 0 Å². The Morgan fingerprint density at radius 3 is 2.52 bits per heavy atom. The van der Waals surface area contributed by atoms with E-state index in [0.717, 1.165) is 23.2 Å². The molecule has 4 rings (SSSR count). The van der Waals surface area contributed by atoms with Gasteiger partial charge in [0, 0.05) is 21.3 Å². The summed E-state index contributed by atoms with van der Waals surface area (Å²) in [5.74, 6) is 0.872. The molecule has 7 nitrogen and oxygen atoms in total. The number of anilines is 1. The number of carbonyl (C=O) groups is 1. The summed E-state index contributed by atoms with van der Waals surface area (Å²) >= 11 is 12.5. The van der Waals surface area contributed by atoms with Gasteiger partial charge in [-0.05, 0) is 43.2 Å². The second kappa shape index (κ2) is 10.3. The summed E-state index contributed by atoms with van der Waals surface area (Å²) < 4.78 is 13.0. The summed E-state index contributed by atoms with van der Waals surface area (Å²) in [6, 6.07) is 12.4. The van der Waals surface area contributed by atoms with Crippen LogP contribution in [-0.4, -0.2) is 27.3 Å². The van der Waals surface area contributed by atoms with Crippen molar-refractivity contribution in [2.75, 3.05) is 11.9 Å². The van der Waals surface area contributed by atoms with Crippen molar-refractivity contribution in [3.63, 3.8) is 0 Å². The van der Waals surface area contributed by atoms with E-state index in [0.29, 0.717) is 33.7 Å². The molecule has 0 radical (unpaired) electrons. The number of nitrogens with one attached hydrogen (secondary N) is 1. The van der Waals surface area contributed by atoms with Gasteiger partial charge in [-0.15, -0.1) is 0 Å². The molecule has 0 saturated heterocycles. The van der Waals surface area contributed by atoms with E-state index in [1.165, 1.54) is 6.33 Å². The lowest BCUT2D eigenvalue weighted by Gasteiger charge is -2.29. The average molecular weight is 487 g/mol. The number of allylic oxidation sites excluding steroid dienone is 1. The van der Waals surface area contributed by atoms with E-state index in [1.807, 2.05) is 24.3 Å². The Labute approximate surface area is 202 Å². The Bertz CT molecular complexity index is 1150. The second-order valence-corrected chi connectivity index (χ2v) is 8.29. The van der Waals surface area contributed by atoms with Crippen molar-refractivity contribution in [3.8, 4) is 5.75 Å². The van der Waals surface area contributed by atoms with Gasteiger partial charge < -0.3 is 14.8 Å². The van der Waals surface area contributed by atoms with Crippen LogP contribution in [0.5, 0.6) is 5.75 Å². The normalized spacial score (nSPS) is 15.1. The molecule has 9 heteroatoms. The van der Waals surface area contributed by atoms with Gasteiger partial charge in [-0.3, -0.25) is 0 Å². The largest absolute Gasteiger partial charge is 0.489 e. The predicted octanol–water partition coefficient (Wildman–Crippen LogP) is 5.80. The minimum atomic E-state index is -0.462. The van der Waals surface area contributed by atoms with Crippen LogP contribution in [-0.2, 0) is 16.1 Å². The minimum absolute atomic E-state index is 0.243. The van der Waals surface area contributed by atoms with Crippen LogP contribution in [0.2, 0.25) is 10.0 Å². The first-order valence-corrected chi connectivity index (χ1v) is 11.5. The van der Waals surface area contributed by atoms with Crippen LogP contribution in [0, 0.1) is 0 Å². The number of esters is 1. The van der Waals surface area contributed by atoms with E-state index in [2.05, 4.69) is 22.3 Å². The number of hydrogen-bond acceptors (Lipinski definition) is 6. The smallest absolute Gasteiger partial charge is 0.338 e. The number of aromatic nitrogens is 3. The number of halogens is 2. The molecular formula is C24H24Cl2N4O3. The summed E-state index contributed by atoms with van der Waals surface area (Å²) in [6.07, 6.45) is 3.03. The standard InChI is InChI=1S/C24H24Cl2N4O3/c1-3-6-20-21(23(31)32-4-2)22(30-24(29-20)27-14-28-30)15-9-11-16(12-10-15)33-13-17-18(25)7-5-8-19(17)26/h5,7-12,14,22H,3-4,6,13H2,1-2H3,(H,27,28,29)/t22-/m0/s1. The number of ether oxygens (including phenoxy) is 2. The van der Waals surface area contributed by atoms with E-state index in [9.17, 15) is 4.79 Å². The van der Waals surface area contributed by atoms with E-state index in [4.69, 9.17) is 32.7 Å². The van der Waals surface area contributed by atoms with Crippen molar-refractivity contribution < 1.29 is 14.3 Å². The highest BCUT2D eigenvalue weighted by Crippen LogP contribution is 2.37. The average Bonchev–Trinajstić information content (AvgIpc) is 3.27. The third kappa shape index (κ3) is 4.84. The van der Waals surface area contributed by atoms with E-state index in [1.54, 1.807) is 29.8 Å². The van der Waals surface area contributed by atoms with Crippen molar-refractivity contribution in [1.82, 2.24) is 14.8 Å². The molecule has 1 aliphatic heterocycles. The maximum absolute atomic E-state index is 13.0. The summed E-state index contributed by atoms with van der Waals surface area (Å²) in [5.41, 5.74) is 2.93. The van der Waals surface area contributed by atoms with Crippen molar-refractivity contribution in [1.29, 1.82) is 0 Å². The number of hydrogen-bond donors (Lipinski definition) is 1. The van der Waals surface area contributed by atoms with Gasteiger partial charge in [-0.2, -0.15) is 10.1 Å². The molecule has 0 unspecified atom stereocenters. The van der Waals surface area contributed by atoms with Crippen molar-refractivity contribution in [2.45, 2.75) is 39.3 Å². The fourth-order valence-electron chi connectivity index (χ4n) is 3.79. The lowest BCUT2D eigenvalue weighted by molar-refractivity contribution is -0.139. The van der Waals surface area contributed by atoms with Gasteiger partial charge in [0.15, 0.2) is 0 Å². The Morgan fingerprint density at radius 2 is 1.85 bits per heavy atom. The maximum Gasteiger partial charge on any atom is 0.338 e. The molecule has 3 aromatic rings. The Morgan fingerprint density at radius 1 is 1.12 bits per heavy atom. The van der Waals surface area contributed by atoms with Crippen LogP contribution < -0.4 is 10.1 Å². The third-order valence-electron chi connectivity index (χ3n) is 5.31. The summed E-state index contributed by atoms with van der Waals surface area (Å²) in [4.78, 5) is 17.3. The first-order chi connectivity index (χ1) is 16.0. The molecule has 1 atom stereocenters. The number of fused-ring (bicyclic) bond motifs is 1. The van der Waals surface area contributed by atoms with E-state index >= 15 is 0 Å². The predicted molar refractivity (Wildman–Crippen MR) is 128 cm³/mol. The zero-order valence-corrected chi connectivity index (χ0v) is 19.9. The monoisotopic (exact) mass is 486 g/mol. The van der Waals surface area contributed by atoms with Gasteiger partial charge >= 0.3 is 5.97 Å². The topological polar surface area (TPSA) is 78.3 Å². The number of carbonyl (C=O) groups excluding carboxylic acids is 1. The zero-order chi connectivity index (χ0) is 23.4. The summed E-state index contributed by atoms with van der Waals surface area (Å²) in [5, 5.41) is 8.72. The molecule has 0 spiro atoms. The number of rotatable bonds is 8. The summed E-state index contributed by atoms with van der Waals surface area (Å²) in [6.45, 7) is 4.38. The molecule has 2 aromatic carbocycles. The van der Waals surface area contributed by atoms with Crippen molar-refractivity contribution in [2.24, 2.45) is 0 Å². The van der Waals surface area contributed by atoms with Crippen LogP contribution in [0.15, 0.2) is 60.1 Å². The van der Waals surface area contributed by atoms with Gasteiger partial charge in [0.05, 0.1) is 12.2 Å². The van der Waals surface area contributed by atoms with Crippen LogP contribution >= 0.6 is 23.2 Å². The van der Waals surface area contributed by atoms with Gasteiger partial charge in [-0.25, -0.2) is 9.48 Å². The Hall–Kier alpha value is -3.03. The molecule has 0 aliphatic carbocycles. The van der Waals surface area contributed by atoms with Crippen molar-refractivity contribution >= 4 is 35.1 Å². The van der Waals surface area contributed by atoms with Crippen LogP contribution in [0.3, 0.4) is 0 Å². The van der Waals surface area contributed by atoms with E-state index < -0.39 is 6.04 Å². The van der Waals surface area contributed by atoms with Crippen LogP contribution in [0.4, 0.5) is 5.95 Å². The Kier molecular flexibility index (Phi) is 7.20. The third-order valence-corrected chi connectivity index (χ3v) is 6.02. The van der Waals surface area contributed by atoms with E-state index in [-0.39, 0.29) is 19.2 Å². The lowest BCUT2D eigenvalue weighted by atomic mass is 9.94. The molecule has 33 heavy (non-hydrogen) atoms. The fraction of sp³-hybridized carbons (Fsp3) is 0.292. The molecule has 0 bridgehead atoms. The fourth-order valence-corrected chi connectivity index (χ4v) is 4.30. The maximum atomic E-state index is 13.0. The molecular weight excluding hydrogens is 463 g/mol. The molecule has 1 aliphatic rings. The van der Waals surface area contributed by atoms with Crippen LogP contribution in [0.25, 0.3) is 0 Å². The quantitative estimate of drug-likeness (QED) is 0.405.